The van der Waals surface area contributed by atoms with Crippen molar-refractivity contribution in [3.63, 3.8) is 0 Å². The minimum atomic E-state index is 0.595. The summed E-state index contributed by atoms with van der Waals surface area (Å²) in [5.41, 5.74) is 3.46. The molecule has 2 aromatic carbocycles. The molecule has 1 aliphatic heterocycles. The first kappa shape index (κ1) is 14.1. The number of aromatic amines is 1. The van der Waals surface area contributed by atoms with Crippen LogP contribution in [0.5, 0.6) is 0 Å². The molecule has 0 saturated carbocycles. The van der Waals surface area contributed by atoms with E-state index in [-0.39, 0.29) is 0 Å². The third kappa shape index (κ3) is 2.77. The van der Waals surface area contributed by atoms with Crippen LogP contribution >= 0.6 is 0 Å². The van der Waals surface area contributed by atoms with Crippen LogP contribution in [0.15, 0.2) is 54.6 Å². The Kier molecular flexibility index (Phi) is 3.66. The van der Waals surface area contributed by atoms with Gasteiger partial charge in [-0.25, -0.2) is 4.98 Å². The second kappa shape index (κ2) is 5.95. The average molecular weight is 306 g/mol. The van der Waals surface area contributed by atoms with Crippen molar-refractivity contribution in [2.75, 3.05) is 29.9 Å². The van der Waals surface area contributed by atoms with Crippen molar-refractivity contribution in [3.8, 4) is 0 Å². The van der Waals surface area contributed by atoms with Crippen molar-refractivity contribution in [2.24, 2.45) is 0 Å². The van der Waals surface area contributed by atoms with Gasteiger partial charge < -0.3 is 14.8 Å². The molecule has 0 radical (unpaired) electrons. The molecule has 0 amide bonds. The van der Waals surface area contributed by atoms with Gasteiger partial charge in [0, 0.05) is 31.9 Å². The van der Waals surface area contributed by atoms with E-state index < -0.39 is 0 Å². The van der Waals surface area contributed by atoms with Gasteiger partial charge in [0.15, 0.2) is 0 Å². The van der Waals surface area contributed by atoms with Crippen LogP contribution in [-0.2, 0) is 0 Å². The number of para-hydroxylation sites is 3. The van der Waals surface area contributed by atoms with Crippen molar-refractivity contribution >= 4 is 22.7 Å². The average Bonchev–Trinajstić information content (AvgIpc) is 3.06. The highest BCUT2D eigenvalue weighted by molar-refractivity contribution is 5.77. The third-order valence-corrected chi connectivity index (χ3v) is 4.85. The predicted molar refractivity (Wildman–Crippen MR) is 96.2 cm³/mol. The molecule has 0 unspecified atom stereocenters. The summed E-state index contributed by atoms with van der Waals surface area (Å²) in [6.07, 6.45) is 2.31. The molecule has 0 spiro atoms. The Morgan fingerprint density at radius 2 is 1.70 bits per heavy atom. The molecule has 4 rings (SSSR count). The fraction of sp³-hybridized carbons (Fsp3) is 0.316. The van der Waals surface area contributed by atoms with Crippen LogP contribution < -0.4 is 9.80 Å². The number of aromatic nitrogens is 2. The Bertz CT molecular complexity index is 739. The number of nitrogens with zero attached hydrogens (tertiary/aromatic N) is 3. The highest BCUT2D eigenvalue weighted by Crippen LogP contribution is 2.25. The lowest BCUT2D eigenvalue weighted by Crippen LogP contribution is -2.43. The minimum absolute atomic E-state index is 0.595. The van der Waals surface area contributed by atoms with E-state index in [9.17, 15) is 0 Å². The van der Waals surface area contributed by atoms with Crippen LogP contribution in [0.4, 0.5) is 11.6 Å². The lowest BCUT2D eigenvalue weighted by molar-refractivity contribution is 0.478. The highest BCUT2D eigenvalue weighted by Gasteiger charge is 2.24. The fourth-order valence-electron chi connectivity index (χ4n) is 3.43. The van der Waals surface area contributed by atoms with E-state index in [1.165, 1.54) is 5.69 Å². The van der Waals surface area contributed by atoms with E-state index in [1.807, 2.05) is 12.1 Å². The van der Waals surface area contributed by atoms with Crippen molar-refractivity contribution < 1.29 is 0 Å². The van der Waals surface area contributed by atoms with Gasteiger partial charge in [0.05, 0.1) is 11.0 Å². The maximum absolute atomic E-state index is 4.72. The Balaban J connectivity index is 1.44. The van der Waals surface area contributed by atoms with Gasteiger partial charge in [0.2, 0.25) is 5.95 Å². The zero-order valence-electron chi connectivity index (χ0n) is 13.4. The second-order valence-corrected chi connectivity index (χ2v) is 6.24. The molecule has 23 heavy (non-hydrogen) atoms. The molecule has 1 aliphatic rings. The van der Waals surface area contributed by atoms with Crippen LogP contribution in [0.2, 0.25) is 0 Å². The monoisotopic (exact) mass is 306 g/mol. The van der Waals surface area contributed by atoms with E-state index in [2.05, 4.69) is 64.3 Å². The standard InChI is InChI=1S/C19H22N4/c1-22(15-7-3-2-4-8-15)16-11-13-23(14-12-16)19-20-17-9-5-6-10-18(17)21-19/h2-10,16H,11-14H2,1H3,(H,20,21). The van der Waals surface area contributed by atoms with E-state index in [4.69, 9.17) is 4.98 Å². The quantitative estimate of drug-likeness (QED) is 0.802. The van der Waals surface area contributed by atoms with Gasteiger partial charge in [-0.05, 0) is 37.1 Å². The van der Waals surface area contributed by atoms with Gasteiger partial charge in [-0.3, -0.25) is 0 Å². The Hall–Kier alpha value is -2.49. The molecular weight excluding hydrogens is 284 g/mol. The van der Waals surface area contributed by atoms with Gasteiger partial charge in [0.25, 0.3) is 0 Å². The lowest BCUT2D eigenvalue weighted by Gasteiger charge is -2.37. The van der Waals surface area contributed by atoms with Crippen LogP contribution in [0.1, 0.15) is 12.8 Å². The molecule has 1 saturated heterocycles. The van der Waals surface area contributed by atoms with Gasteiger partial charge in [-0.2, -0.15) is 0 Å². The number of hydrogen-bond donors (Lipinski definition) is 1. The summed E-state index contributed by atoms with van der Waals surface area (Å²) in [7, 11) is 2.21. The van der Waals surface area contributed by atoms with Crippen LogP contribution in [0, 0.1) is 0 Å². The highest BCUT2D eigenvalue weighted by atomic mass is 15.3. The smallest absolute Gasteiger partial charge is 0.203 e. The number of hydrogen-bond acceptors (Lipinski definition) is 3. The molecule has 1 N–H and O–H groups in total. The van der Waals surface area contributed by atoms with Gasteiger partial charge in [-0.15, -0.1) is 0 Å². The van der Waals surface area contributed by atoms with E-state index in [0.717, 1.165) is 42.9 Å². The molecular formula is C19H22N4. The van der Waals surface area contributed by atoms with Crippen LogP contribution in [0.3, 0.4) is 0 Å². The van der Waals surface area contributed by atoms with Crippen LogP contribution in [0.25, 0.3) is 11.0 Å². The maximum Gasteiger partial charge on any atom is 0.203 e. The fourth-order valence-corrected chi connectivity index (χ4v) is 3.43. The van der Waals surface area contributed by atoms with E-state index in [1.54, 1.807) is 0 Å². The molecule has 1 aromatic heterocycles. The van der Waals surface area contributed by atoms with Crippen molar-refractivity contribution in [1.82, 2.24) is 9.97 Å². The minimum Gasteiger partial charge on any atom is -0.371 e. The summed E-state index contributed by atoms with van der Waals surface area (Å²) >= 11 is 0. The molecule has 4 heteroatoms. The molecule has 3 aromatic rings. The molecule has 4 nitrogen and oxygen atoms in total. The zero-order chi connectivity index (χ0) is 15.6. The number of piperidine rings is 1. The largest absolute Gasteiger partial charge is 0.371 e. The third-order valence-electron chi connectivity index (χ3n) is 4.85. The number of nitrogens with one attached hydrogen (secondary N) is 1. The molecule has 2 heterocycles. The van der Waals surface area contributed by atoms with E-state index >= 15 is 0 Å². The number of H-pyrrole nitrogens is 1. The summed E-state index contributed by atoms with van der Waals surface area (Å²) in [4.78, 5) is 12.9. The molecule has 1 fully saturated rings. The summed E-state index contributed by atoms with van der Waals surface area (Å²) in [5.74, 6) is 1.01. The first-order chi connectivity index (χ1) is 11.3. The lowest BCUT2D eigenvalue weighted by atomic mass is 10.0. The molecule has 0 bridgehead atoms. The number of anilines is 2. The topological polar surface area (TPSA) is 35.2 Å². The number of benzene rings is 2. The summed E-state index contributed by atoms with van der Waals surface area (Å²) in [5, 5.41) is 0. The van der Waals surface area contributed by atoms with Crippen molar-refractivity contribution in [1.29, 1.82) is 0 Å². The number of rotatable bonds is 3. The van der Waals surface area contributed by atoms with Crippen molar-refractivity contribution in [2.45, 2.75) is 18.9 Å². The van der Waals surface area contributed by atoms with Crippen molar-refractivity contribution in [3.05, 3.63) is 54.6 Å². The Labute approximate surface area is 136 Å². The molecule has 0 atom stereocenters. The summed E-state index contributed by atoms with van der Waals surface area (Å²) in [6.45, 7) is 2.09. The zero-order valence-corrected chi connectivity index (χ0v) is 13.4. The maximum atomic E-state index is 4.72. The van der Waals surface area contributed by atoms with Gasteiger partial charge >= 0.3 is 0 Å². The van der Waals surface area contributed by atoms with Gasteiger partial charge in [0.1, 0.15) is 0 Å². The summed E-state index contributed by atoms with van der Waals surface area (Å²) in [6, 6.07) is 19.5. The number of fused-ring (bicyclic) bond motifs is 1. The van der Waals surface area contributed by atoms with Gasteiger partial charge in [-0.1, -0.05) is 30.3 Å². The molecule has 0 aliphatic carbocycles. The van der Waals surface area contributed by atoms with E-state index in [0.29, 0.717) is 6.04 Å². The second-order valence-electron chi connectivity index (χ2n) is 6.24. The Morgan fingerprint density at radius 3 is 2.43 bits per heavy atom. The SMILES string of the molecule is CN(c1ccccc1)C1CCN(c2nc3ccccc3[nH]2)CC1. The van der Waals surface area contributed by atoms with Crippen LogP contribution in [-0.4, -0.2) is 36.1 Å². The normalized spacial score (nSPS) is 16.0. The summed E-state index contributed by atoms with van der Waals surface area (Å²) < 4.78 is 0. The first-order valence-corrected chi connectivity index (χ1v) is 8.29. The Morgan fingerprint density at radius 1 is 1.00 bits per heavy atom. The first-order valence-electron chi connectivity index (χ1n) is 8.29. The predicted octanol–water partition coefficient (Wildman–Crippen LogP) is 3.67. The number of imidazole rings is 1. The molecule has 118 valence electrons.